The molecule has 0 spiro atoms. The molecule has 1 amide bonds. The molecule has 1 aliphatic rings. The number of carbonyl (C=O) groups is 1. The summed E-state index contributed by atoms with van der Waals surface area (Å²) in [6, 6.07) is 19.8. The van der Waals surface area contributed by atoms with Gasteiger partial charge in [-0.25, -0.2) is 4.39 Å². The van der Waals surface area contributed by atoms with Crippen LogP contribution in [-0.2, 0) is 11.2 Å². The number of benzene rings is 3. The lowest BCUT2D eigenvalue weighted by Gasteiger charge is -2.18. The highest BCUT2D eigenvalue weighted by molar-refractivity contribution is 8.00. The molecule has 172 valence electrons. The molecule has 0 atom stereocenters. The average Bonchev–Trinajstić information content (AvgIpc) is 2.88. The van der Waals surface area contributed by atoms with E-state index in [2.05, 4.69) is 15.5 Å². The van der Waals surface area contributed by atoms with Crippen LogP contribution in [0.15, 0.2) is 71.8 Å². The minimum absolute atomic E-state index is 0.0731. The number of rotatable bonds is 7. The number of thioether (sulfide) groups is 1. The molecule has 1 aliphatic heterocycles. The van der Waals surface area contributed by atoms with Crippen molar-refractivity contribution < 1.29 is 18.7 Å². The van der Waals surface area contributed by atoms with Crippen molar-refractivity contribution >= 4 is 28.4 Å². The van der Waals surface area contributed by atoms with E-state index in [1.807, 2.05) is 42.5 Å². The maximum Gasteiger partial charge on any atom is 0.230 e. The summed E-state index contributed by atoms with van der Waals surface area (Å²) in [6.07, 6.45) is 0.697. The fraction of sp³-hybridized carbons (Fsp3) is 0.192. The number of halogens is 1. The number of aromatic nitrogens is 2. The maximum absolute atomic E-state index is 13.3. The van der Waals surface area contributed by atoms with Crippen molar-refractivity contribution in [1.82, 2.24) is 15.5 Å². The van der Waals surface area contributed by atoms with Gasteiger partial charge in [-0.15, -0.1) is 10.2 Å². The summed E-state index contributed by atoms with van der Waals surface area (Å²) in [5, 5.41) is 14.2. The lowest BCUT2D eigenvalue weighted by Crippen LogP contribution is -2.27. The van der Waals surface area contributed by atoms with Gasteiger partial charge in [0.25, 0.3) is 0 Å². The van der Waals surface area contributed by atoms with E-state index in [4.69, 9.17) is 9.47 Å². The van der Waals surface area contributed by atoms with Crippen molar-refractivity contribution in [2.24, 2.45) is 0 Å². The third-order valence-electron chi connectivity index (χ3n) is 5.45. The minimum atomic E-state index is -0.298. The fourth-order valence-corrected chi connectivity index (χ4v) is 4.58. The first-order chi connectivity index (χ1) is 16.7. The molecule has 8 heteroatoms. The summed E-state index contributed by atoms with van der Waals surface area (Å²) in [7, 11) is 0. The fourth-order valence-electron chi connectivity index (χ4n) is 3.78. The highest BCUT2D eigenvalue weighted by Gasteiger charge is 2.14. The molecule has 0 fully saturated rings. The molecular weight excluding hydrogens is 453 g/mol. The molecule has 2 heterocycles. The first-order valence-corrected chi connectivity index (χ1v) is 12.0. The number of fused-ring (bicyclic) bond motifs is 2. The molecule has 5 rings (SSSR count). The van der Waals surface area contributed by atoms with Gasteiger partial charge < -0.3 is 14.8 Å². The predicted molar refractivity (Wildman–Crippen MR) is 130 cm³/mol. The van der Waals surface area contributed by atoms with Crippen molar-refractivity contribution in [3.8, 4) is 22.8 Å². The molecule has 0 unspecified atom stereocenters. The zero-order valence-electron chi connectivity index (χ0n) is 18.3. The Morgan fingerprint density at radius 3 is 2.53 bits per heavy atom. The topological polar surface area (TPSA) is 73.3 Å². The number of hydrogen-bond donors (Lipinski definition) is 1. The van der Waals surface area contributed by atoms with Crippen LogP contribution >= 0.6 is 11.8 Å². The normalized spacial score (nSPS) is 12.5. The second-order valence-corrected chi connectivity index (χ2v) is 8.74. The molecule has 0 saturated heterocycles. The van der Waals surface area contributed by atoms with Gasteiger partial charge in [-0.1, -0.05) is 42.1 Å². The zero-order valence-corrected chi connectivity index (χ0v) is 19.1. The van der Waals surface area contributed by atoms with Gasteiger partial charge in [0.15, 0.2) is 11.5 Å². The van der Waals surface area contributed by atoms with E-state index in [0.717, 1.165) is 33.4 Å². The Balaban J connectivity index is 1.21. The van der Waals surface area contributed by atoms with Crippen LogP contribution in [0.3, 0.4) is 0 Å². The Kier molecular flexibility index (Phi) is 6.58. The van der Waals surface area contributed by atoms with Crippen molar-refractivity contribution in [2.45, 2.75) is 11.4 Å². The number of ether oxygens (including phenoxy) is 2. The average molecular weight is 476 g/mol. The van der Waals surface area contributed by atoms with Gasteiger partial charge in [0.2, 0.25) is 5.91 Å². The second kappa shape index (κ2) is 10.1. The highest BCUT2D eigenvalue weighted by Crippen LogP contribution is 2.32. The monoisotopic (exact) mass is 475 g/mol. The molecule has 0 saturated carbocycles. The highest BCUT2D eigenvalue weighted by atomic mass is 32.2. The summed E-state index contributed by atoms with van der Waals surface area (Å²) in [6.45, 7) is 1.64. The van der Waals surface area contributed by atoms with Crippen molar-refractivity contribution in [3.63, 3.8) is 0 Å². The van der Waals surface area contributed by atoms with Crippen LogP contribution in [0, 0.1) is 5.82 Å². The third-order valence-corrected chi connectivity index (χ3v) is 6.44. The Hall–Kier alpha value is -3.65. The summed E-state index contributed by atoms with van der Waals surface area (Å²) in [5.41, 5.74) is 2.55. The standard InChI is InChI=1S/C26H22FN3O3S/c27-19-8-6-18(7-9-19)25-20-3-1-2-4-21(20)26(30-29-25)34-16-24(31)28-12-11-17-5-10-22-23(15-17)33-14-13-32-22/h1-10,15H,11-14,16H2,(H,28,31). The van der Waals surface area contributed by atoms with Crippen LogP contribution in [-0.4, -0.2) is 41.6 Å². The quantitative estimate of drug-likeness (QED) is 0.392. The first kappa shape index (κ1) is 22.2. The van der Waals surface area contributed by atoms with Gasteiger partial charge >= 0.3 is 0 Å². The molecule has 0 bridgehead atoms. The SMILES string of the molecule is O=C(CSc1nnc(-c2ccc(F)cc2)c2ccccc12)NCCc1ccc2c(c1)OCCO2. The van der Waals surface area contributed by atoms with Gasteiger partial charge in [0.05, 0.1) is 5.75 Å². The Bertz CT molecular complexity index is 1330. The van der Waals surface area contributed by atoms with Crippen molar-refractivity contribution in [2.75, 3.05) is 25.5 Å². The van der Waals surface area contributed by atoms with E-state index < -0.39 is 0 Å². The van der Waals surface area contributed by atoms with Crippen LogP contribution in [0.5, 0.6) is 11.5 Å². The summed E-state index contributed by atoms with van der Waals surface area (Å²) < 4.78 is 24.5. The number of nitrogens with one attached hydrogen (secondary N) is 1. The molecule has 0 aliphatic carbocycles. The van der Waals surface area contributed by atoms with E-state index in [-0.39, 0.29) is 17.5 Å². The van der Waals surface area contributed by atoms with E-state index in [1.54, 1.807) is 12.1 Å². The van der Waals surface area contributed by atoms with E-state index >= 15 is 0 Å². The van der Waals surface area contributed by atoms with Crippen LogP contribution in [0.25, 0.3) is 22.0 Å². The third kappa shape index (κ3) is 4.97. The predicted octanol–water partition coefficient (Wildman–Crippen LogP) is 4.66. The molecule has 1 N–H and O–H groups in total. The summed E-state index contributed by atoms with van der Waals surface area (Å²) in [4.78, 5) is 12.4. The van der Waals surface area contributed by atoms with Crippen LogP contribution in [0.1, 0.15) is 5.56 Å². The lowest BCUT2D eigenvalue weighted by atomic mass is 10.1. The first-order valence-electron chi connectivity index (χ1n) is 11.0. The largest absolute Gasteiger partial charge is 0.486 e. The maximum atomic E-state index is 13.3. The van der Waals surface area contributed by atoms with Gasteiger partial charge in [0.1, 0.15) is 29.8 Å². The minimum Gasteiger partial charge on any atom is -0.486 e. The van der Waals surface area contributed by atoms with Gasteiger partial charge in [-0.3, -0.25) is 4.79 Å². The van der Waals surface area contributed by atoms with Gasteiger partial charge in [-0.2, -0.15) is 0 Å². The van der Waals surface area contributed by atoms with Crippen LogP contribution < -0.4 is 14.8 Å². The second-order valence-electron chi connectivity index (χ2n) is 7.77. The molecule has 1 aromatic heterocycles. The lowest BCUT2D eigenvalue weighted by molar-refractivity contribution is -0.118. The number of nitrogens with zero attached hydrogens (tertiary/aromatic N) is 2. The number of carbonyl (C=O) groups excluding carboxylic acids is 1. The Morgan fingerprint density at radius 2 is 1.71 bits per heavy atom. The Labute approximate surface area is 200 Å². The molecule has 34 heavy (non-hydrogen) atoms. The number of amides is 1. The summed E-state index contributed by atoms with van der Waals surface area (Å²) >= 11 is 1.35. The van der Waals surface area contributed by atoms with Crippen LogP contribution in [0.2, 0.25) is 0 Å². The van der Waals surface area contributed by atoms with E-state index in [9.17, 15) is 9.18 Å². The van der Waals surface area contributed by atoms with Crippen molar-refractivity contribution in [3.05, 3.63) is 78.1 Å². The molecule has 3 aromatic carbocycles. The number of hydrogen-bond acceptors (Lipinski definition) is 6. The smallest absolute Gasteiger partial charge is 0.230 e. The molecule has 6 nitrogen and oxygen atoms in total. The van der Waals surface area contributed by atoms with Gasteiger partial charge in [0, 0.05) is 22.9 Å². The van der Waals surface area contributed by atoms with E-state index in [1.165, 1.54) is 23.9 Å². The van der Waals surface area contributed by atoms with Crippen LogP contribution in [0.4, 0.5) is 4.39 Å². The summed E-state index contributed by atoms with van der Waals surface area (Å²) in [5.74, 6) is 1.37. The Morgan fingerprint density at radius 1 is 0.941 bits per heavy atom. The van der Waals surface area contributed by atoms with E-state index in [0.29, 0.717) is 36.9 Å². The molecular formula is C26H22FN3O3S. The molecule has 4 aromatic rings. The van der Waals surface area contributed by atoms with Gasteiger partial charge in [-0.05, 0) is 48.4 Å². The van der Waals surface area contributed by atoms with Crippen molar-refractivity contribution in [1.29, 1.82) is 0 Å². The molecule has 0 radical (unpaired) electrons. The zero-order chi connectivity index (χ0) is 23.3.